The Morgan fingerprint density at radius 3 is 2.83 bits per heavy atom. The molecule has 18 heavy (non-hydrogen) atoms. The van der Waals surface area contributed by atoms with Crippen LogP contribution in [0.25, 0.3) is 0 Å². The van der Waals surface area contributed by atoms with E-state index in [0.717, 1.165) is 6.07 Å². The summed E-state index contributed by atoms with van der Waals surface area (Å²) >= 11 is 0. The van der Waals surface area contributed by atoms with E-state index in [1.165, 1.54) is 24.7 Å². The SMILES string of the molecule is NC(CO)c1cncn1Cc1ccc(F)cc1F. The van der Waals surface area contributed by atoms with Crippen LogP contribution in [0.3, 0.4) is 0 Å². The standard InChI is InChI=1S/C12H13F2N3O/c13-9-2-1-8(10(14)3-9)5-17-7-16-4-12(17)11(15)6-18/h1-4,7,11,18H,5-6,15H2. The first-order valence-electron chi connectivity index (χ1n) is 5.42. The number of halogens is 2. The van der Waals surface area contributed by atoms with Crippen LogP contribution in [0, 0.1) is 11.6 Å². The highest BCUT2D eigenvalue weighted by molar-refractivity contribution is 5.20. The van der Waals surface area contributed by atoms with E-state index in [1.807, 2.05) is 0 Å². The van der Waals surface area contributed by atoms with Gasteiger partial charge in [0.25, 0.3) is 0 Å². The molecule has 0 bridgehead atoms. The lowest BCUT2D eigenvalue weighted by molar-refractivity contribution is 0.263. The Hall–Kier alpha value is -1.79. The van der Waals surface area contributed by atoms with Crippen LogP contribution in [0.15, 0.2) is 30.7 Å². The van der Waals surface area contributed by atoms with Gasteiger partial charge in [-0.1, -0.05) is 6.07 Å². The first-order valence-corrected chi connectivity index (χ1v) is 5.42. The monoisotopic (exact) mass is 253 g/mol. The minimum Gasteiger partial charge on any atom is -0.394 e. The molecule has 1 unspecified atom stereocenters. The van der Waals surface area contributed by atoms with Gasteiger partial charge in [-0.05, 0) is 6.07 Å². The summed E-state index contributed by atoms with van der Waals surface area (Å²) in [5.41, 5.74) is 6.62. The minimum atomic E-state index is -0.618. The zero-order valence-corrected chi connectivity index (χ0v) is 9.55. The first kappa shape index (κ1) is 12.7. The molecular weight excluding hydrogens is 240 g/mol. The van der Waals surface area contributed by atoms with Gasteiger partial charge >= 0.3 is 0 Å². The van der Waals surface area contributed by atoms with Crippen molar-refractivity contribution in [1.29, 1.82) is 0 Å². The van der Waals surface area contributed by atoms with Crippen molar-refractivity contribution in [3.8, 4) is 0 Å². The van der Waals surface area contributed by atoms with Gasteiger partial charge in [-0.15, -0.1) is 0 Å². The summed E-state index contributed by atoms with van der Waals surface area (Å²) in [4.78, 5) is 3.91. The van der Waals surface area contributed by atoms with Crippen molar-refractivity contribution in [1.82, 2.24) is 9.55 Å². The summed E-state index contributed by atoms with van der Waals surface area (Å²) in [6.07, 6.45) is 3.01. The van der Waals surface area contributed by atoms with Crippen molar-refractivity contribution >= 4 is 0 Å². The lowest BCUT2D eigenvalue weighted by Crippen LogP contribution is -2.19. The van der Waals surface area contributed by atoms with Crippen LogP contribution in [0.4, 0.5) is 8.78 Å². The molecule has 0 aliphatic carbocycles. The van der Waals surface area contributed by atoms with Crippen molar-refractivity contribution < 1.29 is 13.9 Å². The molecule has 0 amide bonds. The maximum absolute atomic E-state index is 13.5. The van der Waals surface area contributed by atoms with Crippen LogP contribution < -0.4 is 5.73 Å². The highest BCUT2D eigenvalue weighted by Gasteiger charge is 2.12. The van der Waals surface area contributed by atoms with Crippen LogP contribution in [-0.2, 0) is 6.54 Å². The molecule has 0 saturated heterocycles. The number of aromatic nitrogens is 2. The Morgan fingerprint density at radius 1 is 1.39 bits per heavy atom. The molecule has 1 heterocycles. The maximum Gasteiger partial charge on any atom is 0.131 e. The Balaban J connectivity index is 2.26. The van der Waals surface area contributed by atoms with Crippen molar-refractivity contribution in [2.75, 3.05) is 6.61 Å². The van der Waals surface area contributed by atoms with Crippen LogP contribution in [0.2, 0.25) is 0 Å². The number of rotatable bonds is 4. The number of hydrogen-bond acceptors (Lipinski definition) is 3. The zero-order chi connectivity index (χ0) is 13.1. The van der Waals surface area contributed by atoms with Crippen molar-refractivity contribution in [2.24, 2.45) is 5.73 Å². The first-order chi connectivity index (χ1) is 8.61. The Labute approximate surface area is 103 Å². The summed E-state index contributed by atoms with van der Waals surface area (Å²) in [7, 11) is 0. The predicted molar refractivity (Wildman–Crippen MR) is 61.7 cm³/mol. The lowest BCUT2D eigenvalue weighted by Gasteiger charge is -2.12. The highest BCUT2D eigenvalue weighted by Crippen LogP contribution is 2.15. The molecule has 0 spiro atoms. The quantitative estimate of drug-likeness (QED) is 0.860. The number of nitrogens with zero attached hydrogens (tertiary/aromatic N) is 2. The second-order valence-corrected chi connectivity index (χ2v) is 3.97. The second kappa shape index (κ2) is 5.24. The van der Waals surface area contributed by atoms with E-state index in [9.17, 15) is 8.78 Å². The van der Waals surface area contributed by atoms with Gasteiger partial charge in [0.1, 0.15) is 11.6 Å². The van der Waals surface area contributed by atoms with Crippen LogP contribution in [0.1, 0.15) is 17.3 Å². The minimum absolute atomic E-state index is 0.190. The van der Waals surface area contributed by atoms with Gasteiger partial charge in [-0.3, -0.25) is 0 Å². The Kier molecular flexibility index (Phi) is 3.69. The maximum atomic E-state index is 13.5. The van der Waals surface area contributed by atoms with Crippen molar-refractivity contribution in [2.45, 2.75) is 12.6 Å². The Bertz CT molecular complexity index is 542. The number of aliphatic hydroxyl groups excluding tert-OH is 1. The van der Waals surface area contributed by atoms with Gasteiger partial charge in [-0.2, -0.15) is 0 Å². The molecule has 0 saturated carbocycles. The average molecular weight is 253 g/mol. The Morgan fingerprint density at radius 2 is 2.17 bits per heavy atom. The smallest absolute Gasteiger partial charge is 0.131 e. The molecule has 1 atom stereocenters. The highest BCUT2D eigenvalue weighted by atomic mass is 19.1. The third-order valence-electron chi connectivity index (χ3n) is 2.68. The van der Waals surface area contributed by atoms with Crippen LogP contribution in [0.5, 0.6) is 0 Å². The fraction of sp³-hybridized carbons (Fsp3) is 0.250. The van der Waals surface area contributed by atoms with E-state index < -0.39 is 17.7 Å². The van der Waals surface area contributed by atoms with Gasteiger partial charge in [0.05, 0.1) is 31.2 Å². The molecule has 6 heteroatoms. The van der Waals surface area contributed by atoms with Gasteiger partial charge in [0.15, 0.2) is 0 Å². The van der Waals surface area contributed by atoms with E-state index in [4.69, 9.17) is 10.8 Å². The van der Waals surface area contributed by atoms with E-state index in [-0.39, 0.29) is 13.2 Å². The molecule has 0 aliphatic heterocycles. The zero-order valence-electron chi connectivity index (χ0n) is 9.55. The third-order valence-corrected chi connectivity index (χ3v) is 2.68. The van der Waals surface area contributed by atoms with E-state index in [0.29, 0.717) is 11.3 Å². The summed E-state index contributed by atoms with van der Waals surface area (Å²) in [5.74, 6) is -1.23. The number of hydrogen-bond donors (Lipinski definition) is 2. The molecule has 1 aromatic heterocycles. The molecule has 3 N–H and O–H groups in total. The van der Waals surface area contributed by atoms with Crippen LogP contribution >= 0.6 is 0 Å². The van der Waals surface area contributed by atoms with Gasteiger partial charge in [0.2, 0.25) is 0 Å². The third kappa shape index (κ3) is 2.55. The molecule has 0 radical (unpaired) electrons. The summed E-state index contributed by atoms with van der Waals surface area (Å²) in [5, 5.41) is 9.00. The number of nitrogens with two attached hydrogens (primary N) is 1. The number of aliphatic hydroxyl groups is 1. The van der Waals surface area contributed by atoms with Gasteiger partial charge in [0, 0.05) is 17.8 Å². The summed E-state index contributed by atoms with van der Waals surface area (Å²) in [6.45, 7) is -0.0350. The molecule has 0 aliphatic rings. The largest absolute Gasteiger partial charge is 0.394 e. The average Bonchev–Trinajstić information content (AvgIpc) is 2.80. The fourth-order valence-corrected chi connectivity index (χ4v) is 1.70. The molecule has 0 fully saturated rings. The molecule has 2 rings (SSSR count). The molecule has 4 nitrogen and oxygen atoms in total. The van der Waals surface area contributed by atoms with Crippen molar-refractivity contribution in [3.63, 3.8) is 0 Å². The molecular formula is C12H13F2N3O. The number of imidazole rings is 1. The van der Waals surface area contributed by atoms with E-state index >= 15 is 0 Å². The molecule has 2 aromatic rings. The number of benzene rings is 1. The summed E-state index contributed by atoms with van der Waals surface area (Å²) < 4.78 is 27.9. The van der Waals surface area contributed by atoms with Crippen LogP contribution in [-0.4, -0.2) is 21.3 Å². The predicted octanol–water partition coefficient (Wildman–Crippen LogP) is 1.20. The van der Waals surface area contributed by atoms with Gasteiger partial charge in [-0.25, -0.2) is 13.8 Å². The topological polar surface area (TPSA) is 64.1 Å². The van der Waals surface area contributed by atoms with Gasteiger partial charge < -0.3 is 15.4 Å². The van der Waals surface area contributed by atoms with E-state index in [1.54, 1.807) is 4.57 Å². The molecule has 1 aromatic carbocycles. The van der Waals surface area contributed by atoms with Crippen molar-refractivity contribution in [3.05, 3.63) is 53.6 Å². The lowest BCUT2D eigenvalue weighted by atomic mass is 10.2. The van der Waals surface area contributed by atoms with E-state index in [2.05, 4.69) is 4.98 Å². The molecule has 96 valence electrons. The fourth-order valence-electron chi connectivity index (χ4n) is 1.70. The second-order valence-electron chi connectivity index (χ2n) is 3.97. The normalized spacial score (nSPS) is 12.7. The summed E-state index contributed by atoms with van der Waals surface area (Å²) in [6, 6.07) is 2.83.